The lowest BCUT2D eigenvalue weighted by Gasteiger charge is -2.30. The number of sulfonamides is 1. The van der Waals surface area contributed by atoms with Crippen LogP contribution in [0.25, 0.3) is 11.1 Å². The van der Waals surface area contributed by atoms with Crippen molar-refractivity contribution in [3.63, 3.8) is 0 Å². The standard InChI is InChI=1S/C30H33N3O5S/c1-39(36,37)32-29(34)19-21-7-9-22(10-8-21)23-11-13-24(14-12-23)25-15-16-27-28(20-25)38-18-17-33(27)30(35)31-26-5-3-2-4-6-26/h2-6,11-16,20-22H,7-10,17-19H2,1H3,(H,31,35)(H,32,34). The average Bonchev–Trinajstić information content (AvgIpc) is 2.92. The van der Waals surface area contributed by atoms with E-state index < -0.39 is 15.9 Å². The lowest BCUT2D eigenvalue weighted by atomic mass is 9.77. The van der Waals surface area contributed by atoms with Crippen molar-refractivity contribution >= 4 is 33.3 Å². The van der Waals surface area contributed by atoms with Gasteiger partial charge in [-0.2, -0.15) is 0 Å². The van der Waals surface area contributed by atoms with E-state index in [1.165, 1.54) is 5.56 Å². The van der Waals surface area contributed by atoms with Crippen molar-refractivity contribution in [1.82, 2.24) is 4.72 Å². The first-order valence-electron chi connectivity index (χ1n) is 13.3. The van der Waals surface area contributed by atoms with Crippen molar-refractivity contribution in [3.05, 3.63) is 78.4 Å². The van der Waals surface area contributed by atoms with Crippen molar-refractivity contribution in [1.29, 1.82) is 0 Å². The molecule has 9 heteroatoms. The van der Waals surface area contributed by atoms with Gasteiger partial charge in [-0.25, -0.2) is 13.2 Å². The Hall–Kier alpha value is -3.85. The number of rotatable bonds is 6. The van der Waals surface area contributed by atoms with E-state index in [1.54, 1.807) is 4.90 Å². The van der Waals surface area contributed by atoms with E-state index in [1.807, 2.05) is 48.5 Å². The predicted octanol–water partition coefficient (Wildman–Crippen LogP) is 5.52. The highest BCUT2D eigenvalue weighted by atomic mass is 32.2. The fraction of sp³-hybridized carbons (Fsp3) is 0.333. The van der Waals surface area contributed by atoms with Crippen LogP contribution >= 0.6 is 0 Å². The molecule has 1 fully saturated rings. The first-order chi connectivity index (χ1) is 18.7. The molecule has 2 aliphatic rings. The molecule has 2 N–H and O–H groups in total. The zero-order valence-electron chi connectivity index (χ0n) is 21.9. The van der Waals surface area contributed by atoms with Gasteiger partial charge in [-0.1, -0.05) is 48.5 Å². The molecule has 0 spiro atoms. The molecule has 3 aromatic carbocycles. The minimum absolute atomic E-state index is 0.186. The fourth-order valence-corrected chi connectivity index (χ4v) is 5.98. The molecule has 0 radical (unpaired) electrons. The number of nitrogens with one attached hydrogen (secondary N) is 2. The van der Waals surface area contributed by atoms with Crippen LogP contribution in [0.1, 0.15) is 43.6 Å². The van der Waals surface area contributed by atoms with E-state index in [9.17, 15) is 18.0 Å². The number of anilines is 2. The van der Waals surface area contributed by atoms with Crippen LogP contribution in [0.4, 0.5) is 16.2 Å². The highest BCUT2D eigenvalue weighted by molar-refractivity contribution is 7.89. The van der Waals surface area contributed by atoms with Crippen LogP contribution in [0, 0.1) is 5.92 Å². The van der Waals surface area contributed by atoms with Crippen LogP contribution in [-0.2, 0) is 14.8 Å². The number of carbonyl (C=O) groups excluding carboxylic acids is 2. The zero-order chi connectivity index (χ0) is 27.4. The Morgan fingerprint density at radius 1 is 0.923 bits per heavy atom. The molecule has 5 rings (SSSR count). The van der Waals surface area contributed by atoms with Gasteiger partial charge in [-0.05, 0) is 78.5 Å². The number of hydrogen-bond acceptors (Lipinski definition) is 5. The van der Waals surface area contributed by atoms with E-state index in [0.29, 0.717) is 24.8 Å². The van der Waals surface area contributed by atoms with Crippen LogP contribution in [0.2, 0.25) is 0 Å². The molecule has 0 saturated heterocycles. The maximum absolute atomic E-state index is 12.9. The average molecular weight is 548 g/mol. The van der Waals surface area contributed by atoms with E-state index in [2.05, 4.69) is 34.3 Å². The second kappa shape index (κ2) is 11.5. The third-order valence-electron chi connectivity index (χ3n) is 7.43. The van der Waals surface area contributed by atoms with E-state index in [0.717, 1.165) is 54.4 Å². The predicted molar refractivity (Wildman–Crippen MR) is 152 cm³/mol. The largest absolute Gasteiger partial charge is 0.490 e. The lowest BCUT2D eigenvalue weighted by Crippen LogP contribution is -2.40. The van der Waals surface area contributed by atoms with Crippen LogP contribution in [-0.4, -0.2) is 39.8 Å². The Kier molecular flexibility index (Phi) is 7.88. The summed E-state index contributed by atoms with van der Waals surface area (Å²) in [4.78, 5) is 26.6. The fourth-order valence-electron chi connectivity index (χ4n) is 5.48. The molecule has 3 aromatic rings. The second-order valence-corrected chi connectivity index (χ2v) is 12.1. The molecule has 1 heterocycles. The summed E-state index contributed by atoms with van der Waals surface area (Å²) in [6.07, 6.45) is 5.01. The number of carbonyl (C=O) groups is 2. The third-order valence-corrected chi connectivity index (χ3v) is 8.03. The van der Waals surface area contributed by atoms with E-state index >= 15 is 0 Å². The Bertz CT molecular complexity index is 1430. The van der Waals surface area contributed by atoms with E-state index in [4.69, 9.17) is 4.74 Å². The number of ether oxygens (including phenoxy) is 1. The number of fused-ring (bicyclic) bond motifs is 1. The first-order valence-corrected chi connectivity index (χ1v) is 15.2. The maximum Gasteiger partial charge on any atom is 0.326 e. The number of nitrogens with zero attached hydrogens (tertiary/aromatic N) is 1. The van der Waals surface area contributed by atoms with Gasteiger partial charge >= 0.3 is 6.03 Å². The molecule has 0 atom stereocenters. The molecule has 39 heavy (non-hydrogen) atoms. The molecule has 0 bridgehead atoms. The highest BCUT2D eigenvalue weighted by Crippen LogP contribution is 2.39. The highest BCUT2D eigenvalue weighted by Gasteiger charge is 2.26. The van der Waals surface area contributed by atoms with Crippen molar-refractivity contribution in [2.45, 2.75) is 38.0 Å². The molecule has 0 unspecified atom stereocenters. The van der Waals surface area contributed by atoms with Crippen molar-refractivity contribution in [2.24, 2.45) is 5.92 Å². The van der Waals surface area contributed by atoms with Gasteiger partial charge in [0.25, 0.3) is 0 Å². The van der Waals surface area contributed by atoms with Gasteiger partial charge in [0.05, 0.1) is 18.5 Å². The SMILES string of the molecule is CS(=O)(=O)NC(=O)CC1CCC(c2ccc(-c3ccc4c(c3)OCCN4C(=O)Nc3ccccc3)cc2)CC1. The number of benzene rings is 3. The summed E-state index contributed by atoms with van der Waals surface area (Å²) in [7, 11) is -3.51. The minimum Gasteiger partial charge on any atom is -0.490 e. The van der Waals surface area contributed by atoms with Crippen molar-refractivity contribution < 1.29 is 22.7 Å². The Morgan fingerprint density at radius 3 is 2.31 bits per heavy atom. The summed E-state index contributed by atoms with van der Waals surface area (Å²) >= 11 is 0. The number of amides is 3. The molecule has 1 saturated carbocycles. The third kappa shape index (κ3) is 6.78. The Labute approximate surface area is 229 Å². The number of urea groups is 1. The number of para-hydroxylation sites is 1. The molecule has 0 aromatic heterocycles. The zero-order valence-corrected chi connectivity index (χ0v) is 22.7. The van der Waals surface area contributed by atoms with Gasteiger partial charge < -0.3 is 10.1 Å². The van der Waals surface area contributed by atoms with Crippen molar-refractivity contribution in [3.8, 4) is 16.9 Å². The smallest absolute Gasteiger partial charge is 0.326 e. The van der Waals surface area contributed by atoms with E-state index in [-0.39, 0.29) is 18.4 Å². The topological polar surface area (TPSA) is 105 Å². The summed E-state index contributed by atoms with van der Waals surface area (Å²) in [6.45, 7) is 0.903. The van der Waals surface area contributed by atoms with Gasteiger partial charge in [0.2, 0.25) is 15.9 Å². The molecule has 3 amide bonds. The summed E-state index contributed by atoms with van der Waals surface area (Å²) < 4.78 is 30.5. The van der Waals surface area contributed by atoms with Crippen LogP contribution in [0.15, 0.2) is 72.8 Å². The summed E-state index contributed by atoms with van der Waals surface area (Å²) in [5.74, 6) is 0.910. The van der Waals surface area contributed by atoms with Crippen LogP contribution in [0.3, 0.4) is 0 Å². The van der Waals surface area contributed by atoms with Gasteiger partial charge in [-0.3, -0.25) is 14.4 Å². The summed E-state index contributed by atoms with van der Waals surface area (Å²) in [5, 5.41) is 2.94. The van der Waals surface area contributed by atoms with Gasteiger partial charge in [0.1, 0.15) is 12.4 Å². The second-order valence-electron chi connectivity index (χ2n) is 10.3. The quantitative estimate of drug-likeness (QED) is 0.423. The Morgan fingerprint density at radius 2 is 1.62 bits per heavy atom. The molecule has 1 aliphatic carbocycles. The summed E-state index contributed by atoms with van der Waals surface area (Å²) in [5.41, 5.74) is 4.86. The molecule has 8 nitrogen and oxygen atoms in total. The van der Waals surface area contributed by atoms with Crippen LogP contribution < -0.4 is 19.7 Å². The number of hydrogen-bond donors (Lipinski definition) is 2. The van der Waals surface area contributed by atoms with Gasteiger partial charge in [0.15, 0.2) is 0 Å². The van der Waals surface area contributed by atoms with Crippen LogP contribution in [0.5, 0.6) is 5.75 Å². The molecule has 1 aliphatic heterocycles. The van der Waals surface area contributed by atoms with Gasteiger partial charge in [-0.15, -0.1) is 0 Å². The normalized spacial score (nSPS) is 18.9. The molecular weight excluding hydrogens is 514 g/mol. The summed E-state index contributed by atoms with van der Waals surface area (Å²) in [6, 6.07) is 23.7. The maximum atomic E-state index is 12.9. The van der Waals surface area contributed by atoms with Crippen molar-refractivity contribution in [2.75, 3.05) is 29.6 Å². The Balaban J connectivity index is 1.21. The van der Waals surface area contributed by atoms with Gasteiger partial charge in [0, 0.05) is 12.1 Å². The monoisotopic (exact) mass is 547 g/mol. The lowest BCUT2D eigenvalue weighted by molar-refractivity contribution is -0.120. The molecular formula is C30H33N3O5S. The first kappa shape index (κ1) is 26.7. The molecule has 204 valence electrons. The minimum atomic E-state index is -3.51.